The third-order valence-corrected chi connectivity index (χ3v) is 2.02. The smallest absolute Gasteiger partial charge is 0.225 e. The van der Waals surface area contributed by atoms with E-state index in [1.54, 1.807) is 6.20 Å². The minimum atomic E-state index is 0.0433. The molecule has 0 aliphatic rings. The Morgan fingerprint density at radius 3 is 2.85 bits per heavy atom. The molecule has 4 heteroatoms. The molecule has 1 heterocycles. The quantitative estimate of drug-likeness (QED) is 0.742. The maximum Gasteiger partial charge on any atom is 0.225 e. The van der Waals surface area contributed by atoms with Crippen LogP contribution >= 0.6 is 0 Å². The minimum absolute atomic E-state index is 0.0433. The van der Waals surface area contributed by atoms with Crippen molar-refractivity contribution in [1.82, 2.24) is 9.97 Å². The molecule has 0 aliphatic heterocycles. The fraction of sp³-hybridized carbons (Fsp3) is 0.556. The van der Waals surface area contributed by atoms with Crippen LogP contribution in [0.2, 0.25) is 0 Å². The predicted octanol–water partition coefficient (Wildman–Crippen LogP) is 0.602. The summed E-state index contributed by atoms with van der Waals surface area (Å²) >= 11 is 0. The van der Waals surface area contributed by atoms with Crippen molar-refractivity contribution in [3.05, 3.63) is 18.0 Å². The molecule has 0 aliphatic carbocycles. The highest BCUT2D eigenvalue weighted by molar-refractivity contribution is 5.29. The third kappa shape index (κ3) is 2.39. The summed E-state index contributed by atoms with van der Waals surface area (Å²) in [7, 11) is 1.87. The zero-order valence-electron chi connectivity index (χ0n) is 8.23. The number of aliphatic hydroxyl groups is 1. The lowest BCUT2D eigenvalue weighted by Gasteiger charge is -2.22. The van der Waals surface area contributed by atoms with Crippen LogP contribution in [-0.2, 0) is 0 Å². The molecule has 72 valence electrons. The number of aryl methyl sites for hydroxylation is 1. The molecule has 1 atom stereocenters. The van der Waals surface area contributed by atoms with E-state index in [-0.39, 0.29) is 12.6 Å². The molecule has 1 N–H and O–H groups in total. The van der Waals surface area contributed by atoms with Crippen molar-refractivity contribution in [2.24, 2.45) is 0 Å². The summed E-state index contributed by atoms with van der Waals surface area (Å²) in [6.07, 6.45) is 1.72. The molecule has 0 amide bonds. The zero-order valence-corrected chi connectivity index (χ0v) is 8.23. The molecular formula is C9H15N3O. The first-order valence-electron chi connectivity index (χ1n) is 4.28. The SMILES string of the molecule is Cc1ccnc(N(C)C(C)CO)n1. The molecule has 4 nitrogen and oxygen atoms in total. The van der Waals surface area contributed by atoms with E-state index in [1.165, 1.54) is 0 Å². The maximum absolute atomic E-state index is 8.94. The van der Waals surface area contributed by atoms with Crippen LogP contribution in [0.1, 0.15) is 12.6 Å². The van der Waals surface area contributed by atoms with Crippen LogP contribution in [0.15, 0.2) is 12.3 Å². The summed E-state index contributed by atoms with van der Waals surface area (Å²) < 4.78 is 0. The maximum atomic E-state index is 8.94. The highest BCUT2D eigenvalue weighted by Gasteiger charge is 2.10. The van der Waals surface area contributed by atoms with Gasteiger partial charge in [0.1, 0.15) is 0 Å². The van der Waals surface area contributed by atoms with Gasteiger partial charge in [-0.1, -0.05) is 0 Å². The van der Waals surface area contributed by atoms with Crippen LogP contribution in [-0.4, -0.2) is 34.8 Å². The van der Waals surface area contributed by atoms with E-state index in [4.69, 9.17) is 5.11 Å². The number of nitrogens with zero attached hydrogens (tertiary/aromatic N) is 3. The summed E-state index contributed by atoms with van der Waals surface area (Å²) in [5.41, 5.74) is 0.932. The summed E-state index contributed by atoms with van der Waals surface area (Å²) in [6.45, 7) is 3.95. The van der Waals surface area contributed by atoms with Crippen molar-refractivity contribution in [3.8, 4) is 0 Å². The topological polar surface area (TPSA) is 49.2 Å². The van der Waals surface area contributed by atoms with Gasteiger partial charge in [-0.05, 0) is 19.9 Å². The Balaban J connectivity index is 2.82. The number of anilines is 1. The Bertz CT molecular complexity index is 277. The van der Waals surface area contributed by atoms with E-state index in [1.807, 2.05) is 31.9 Å². The molecule has 0 radical (unpaired) electrons. The predicted molar refractivity (Wildman–Crippen MR) is 51.7 cm³/mol. The fourth-order valence-electron chi connectivity index (χ4n) is 0.925. The van der Waals surface area contributed by atoms with E-state index < -0.39 is 0 Å². The number of hydrogen-bond donors (Lipinski definition) is 1. The van der Waals surface area contributed by atoms with Gasteiger partial charge in [-0.3, -0.25) is 0 Å². The standard InChI is InChI=1S/C9H15N3O/c1-7-4-5-10-9(11-7)12(3)8(2)6-13/h4-5,8,13H,6H2,1-3H3. The van der Waals surface area contributed by atoms with Gasteiger partial charge in [-0.15, -0.1) is 0 Å². The van der Waals surface area contributed by atoms with E-state index in [2.05, 4.69) is 9.97 Å². The lowest BCUT2D eigenvalue weighted by molar-refractivity contribution is 0.269. The summed E-state index contributed by atoms with van der Waals surface area (Å²) in [5, 5.41) is 8.94. The normalized spacial score (nSPS) is 12.6. The second-order valence-corrected chi connectivity index (χ2v) is 3.14. The first-order valence-corrected chi connectivity index (χ1v) is 4.28. The summed E-state index contributed by atoms with van der Waals surface area (Å²) in [5.74, 6) is 0.654. The van der Waals surface area contributed by atoms with E-state index >= 15 is 0 Å². The van der Waals surface area contributed by atoms with Crippen molar-refractivity contribution in [2.45, 2.75) is 19.9 Å². The van der Waals surface area contributed by atoms with E-state index in [9.17, 15) is 0 Å². The van der Waals surface area contributed by atoms with E-state index in [0.717, 1.165) is 5.69 Å². The van der Waals surface area contributed by atoms with Crippen LogP contribution in [0.5, 0.6) is 0 Å². The molecule has 0 saturated carbocycles. The molecule has 0 spiro atoms. The zero-order chi connectivity index (χ0) is 9.84. The lowest BCUT2D eigenvalue weighted by Crippen LogP contribution is -2.33. The summed E-state index contributed by atoms with van der Waals surface area (Å²) in [6, 6.07) is 1.89. The van der Waals surface area contributed by atoms with Crippen molar-refractivity contribution in [2.75, 3.05) is 18.6 Å². The second kappa shape index (κ2) is 4.18. The largest absolute Gasteiger partial charge is 0.394 e. The first-order chi connectivity index (χ1) is 6.15. The molecule has 1 unspecified atom stereocenters. The van der Waals surface area contributed by atoms with Gasteiger partial charge in [0.25, 0.3) is 0 Å². The lowest BCUT2D eigenvalue weighted by atomic mass is 10.3. The van der Waals surface area contributed by atoms with Gasteiger partial charge in [-0.2, -0.15) is 0 Å². The molecule has 0 aromatic carbocycles. The number of hydrogen-bond acceptors (Lipinski definition) is 4. The fourth-order valence-corrected chi connectivity index (χ4v) is 0.925. The molecule has 0 fully saturated rings. The van der Waals surface area contributed by atoms with Crippen molar-refractivity contribution in [1.29, 1.82) is 0 Å². The number of likely N-dealkylation sites (N-methyl/N-ethyl adjacent to an activating group) is 1. The molecular weight excluding hydrogens is 166 g/mol. The Morgan fingerprint density at radius 1 is 1.62 bits per heavy atom. The molecule has 0 bridgehead atoms. The number of aliphatic hydroxyl groups excluding tert-OH is 1. The van der Waals surface area contributed by atoms with Crippen LogP contribution in [0.25, 0.3) is 0 Å². The average molecular weight is 181 g/mol. The number of aromatic nitrogens is 2. The monoisotopic (exact) mass is 181 g/mol. The van der Waals surface area contributed by atoms with Gasteiger partial charge in [0.15, 0.2) is 0 Å². The second-order valence-electron chi connectivity index (χ2n) is 3.14. The average Bonchev–Trinajstić information content (AvgIpc) is 2.15. The molecule has 1 aromatic rings. The van der Waals surface area contributed by atoms with E-state index in [0.29, 0.717) is 5.95 Å². The third-order valence-electron chi connectivity index (χ3n) is 2.02. The van der Waals surface area contributed by atoms with Crippen LogP contribution in [0.3, 0.4) is 0 Å². The Hall–Kier alpha value is -1.16. The first kappa shape index (κ1) is 9.92. The Labute approximate surface area is 78.2 Å². The Morgan fingerprint density at radius 2 is 2.31 bits per heavy atom. The molecule has 1 rings (SSSR count). The van der Waals surface area contributed by atoms with Crippen LogP contribution < -0.4 is 4.90 Å². The Kier molecular flexibility index (Phi) is 3.19. The number of rotatable bonds is 3. The van der Waals surface area contributed by atoms with Gasteiger partial charge in [0.2, 0.25) is 5.95 Å². The van der Waals surface area contributed by atoms with Crippen molar-refractivity contribution in [3.63, 3.8) is 0 Å². The van der Waals surface area contributed by atoms with Crippen LogP contribution in [0.4, 0.5) is 5.95 Å². The van der Waals surface area contributed by atoms with Crippen LogP contribution in [0, 0.1) is 6.92 Å². The van der Waals surface area contributed by atoms with Gasteiger partial charge in [-0.25, -0.2) is 9.97 Å². The van der Waals surface area contributed by atoms with Gasteiger partial charge in [0.05, 0.1) is 12.6 Å². The van der Waals surface area contributed by atoms with Gasteiger partial charge >= 0.3 is 0 Å². The molecule has 0 saturated heterocycles. The molecule has 1 aromatic heterocycles. The minimum Gasteiger partial charge on any atom is -0.394 e. The highest BCUT2D eigenvalue weighted by atomic mass is 16.3. The van der Waals surface area contributed by atoms with Gasteiger partial charge < -0.3 is 10.0 Å². The van der Waals surface area contributed by atoms with Crippen molar-refractivity contribution < 1.29 is 5.11 Å². The summed E-state index contributed by atoms with van der Waals surface area (Å²) in [4.78, 5) is 10.2. The highest BCUT2D eigenvalue weighted by Crippen LogP contribution is 2.07. The van der Waals surface area contributed by atoms with Gasteiger partial charge in [0, 0.05) is 18.9 Å². The van der Waals surface area contributed by atoms with Crippen molar-refractivity contribution >= 4 is 5.95 Å². The molecule has 13 heavy (non-hydrogen) atoms.